The van der Waals surface area contributed by atoms with Crippen LogP contribution in [0.5, 0.6) is 0 Å². The molecule has 1 aliphatic rings. The number of amides is 1. The number of carbonyl (C=O) groups is 2. The van der Waals surface area contributed by atoms with E-state index in [1.54, 1.807) is 20.8 Å². The van der Waals surface area contributed by atoms with Gasteiger partial charge in [0.15, 0.2) is 0 Å². The molecule has 6 heteroatoms. The van der Waals surface area contributed by atoms with E-state index in [0.717, 1.165) is 4.90 Å². The fourth-order valence-electron chi connectivity index (χ4n) is 1.37. The molecular formula is C10H16ClNO4. The van der Waals surface area contributed by atoms with Crippen molar-refractivity contribution in [3.63, 3.8) is 0 Å². The highest BCUT2D eigenvalue weighted by Gasteiger charge is 2.57. The predicted octanol–water partition coefficient (Wildman–Crippen LogP) is 2.04. The van der Waals surface area contributed by atoms with Gasteiger partial charge >= 0.3 is 12.1 Å². The van der Waals surface area contributed by atoms with Crippen molar-refractivity contribution in [3.8, 4) is 0 Å². The van der Waals surface area contributed by atoms with Gasteiger partial charge in [0.05, 0.1) is 0 Å². The minimum atomic E-state index is -1.15. The summed E-state index contributed by atoms with van der Waals surface area (Å²) in [6, 6.07) is -0.179. The minimum Gasteiger partial charge on any atom is -0.479 e. The maximum atomic E-state index is 11.7. The van der Waals surface area contributed by atoms with Gasteiger partial charge < -0.3 is 9.84 Å². The second-order valence-corrected chi connectivity index (χ2v) is 5.10. The zero-order valence-electron chi connectivity index (χ0n) is 9.62. The molecule has 1 aliphatic carbocycles. The topological polar surface area (TPSA) is 66.8 Å². The van der Waals surface area contributed by atoms with Crippen LogP contribution in [0.25, 0.3) is 0 Å². The van der Waals surface area contributed by atoms with Gasteiger partial charge in [0.1, 0.15) is 17.1 Å². The van der Waals surface area contributed by atoms with E-state index < -0.39 is 23.2 Å². The van der Waals surface area contributed by atoms with Crippen LogP contribution in [0.4, 0.5) is 4.79 Å². The van der Waals surface area contributed by atoms with E-state index in [9.17, 15) is 9.59 Å². The van der Waals surface area contributed by atoms with Crippen molar-refractivity contribution in [2.24, 2.45) is 0 Å². The Labute approximate surface area is 99.3 Å². The molecule has 1 N–H and O–H groups in total. The second-order valence-electron chi connectivity index (χ2n) is 4.86. The molecule has 1 rings (SSSR count). The molecule has 0 aromatic heterocycles. The predicted molar refractivity (Wildman–Crippen MR) is 58.4 cm³/mol. The van der Waals surface area contributed by atoms with Crippen molar-refractivity contribution in [1.29, 1.82) is 0 Å². The maximum Gasteiger partial charge on any atom is 0.412 e. The number of carboxylic acids is 1. The lowest BCUT2D eigenvalue weighted by Gasteiger charge is -2.29. The molecule has 5 nitrogen and oxygen atoms in total. The first-order valence-electron chi connectivity index (χ1n) is 5.03. The third-order valence-electron chi connectivity index (χ3n) is 2.37. The molecule has 0 aliphatic heterocycles. The van der Waals surface area contributed by atoms with Crippen molar-refractivity contribution in [3.05, 3.63) is 0 Å². The van der Waals surface area contributed by atoms with E-state index in [-0.39, 0.29) is 6.00 Å². The molecule has 0 unspecified atom stereocenters. The number of hydrogen-bond donors (Lipinski definition) is 1. The van der Waals surface area contributed by atoms with Crippen LogP contribution >= 0.6 is 11.6 Å². The highest BCUT2D eigenvalue weighted by Crippen LogP contribution is 2.42. The summed E-state index contributed by atoms with van der Waals surface area (Å²) in [7, 11) is 0. The Hall–Kier alpha value is -0.970. The van der Waals surface area contributed by atoms with Crippen LogP contribution in [0, 0.1) is 0 Å². The van der Waals surface area contributed by atoms with E-state index in [1.165, 1.54) is 0 Å². The Morgan fingerprint density at radius 2 is 1.94 bits per heavy atom. The number of rotatable bonds is 3. The fourth-order valence-corrected chi connectivity index (χ4v) is 1.70. The lowest BCUT2D eigenvalue weighted by Crippen LogP contribution is -2.48. The van der Waals surface area contributed by atoms with Gasteiger partial charge in [-0.2, -0.15) is 0 Å². The summed E-state index contributed by atoms with van der Waals surface area (Å²) in [4.78, 5) is 23.9. The Morgan fingerprint density at radius 3 is 2.19 bits per heavy atom. The van der Waals surface area contributed by atoms with Gasteiger partial charge in [-0.3, -0.25) is 4.90 Å². The molecule has 16 heavy (non-hydrogen) atoms. The smallest absolute Gasteiger partial charge is 0.412 e. The largest absolute Gasteiger partial charge is 0.479 e. The van der Waals surface area contributed by atoms with Crippen LogP contribution in [0.3, 0.4) is 0 Å². The first-order valence-corrected chi connectivity index (χ1v) is 5.56. The number of aliphatic carboxylic acids is 1. The monoisotopic (exact) mass is 249 g/mol. The summed E-state index contributed by atoms with van der Waals surface area (Å²) in [6.45, 7) is 5.16. The normalized spacial score (nSPS) is 17.8. The molecule has 0 aromatic rings. The highest BCUT2D eigenvalue weighted by molar-refractivity contribution is 6.18. The van der Waals surface area contributed by atoms with Gasteiger partial charge in [0, 0.05) is 0 Å². The van der Waals surface area contributed by atoms with Gasteiger partial charge in [-0.15, -0.1) is 11.6 Å². The first-order chi connectivity index (χ1) is 7.23. The number of nitrogens with zero attached hydrogens (tertiary/aromatic N) is 1. The van der Waals surface area contributed by atoms with E-state index in [1.807, 2.05) is 0 Å². The first kappa shape index (κ1) is 13.1. The summed E-state index contributed by atoms with van der Waals surface area (Å²) < 4.78 is 5.11. The van der Waals surface area contributed by atoms with E-state index in [2.05, 4.69) is 0 Å². The quantitative estimate of drug-likeness (QED) is 0.614. The number of carboxylic acid groups (broad SMARTS) is 1. The molecule has 0 atom stereocenters. The molecule has 0 heterocycles. The van der Waals surface area contributed by atoms with Gasteiger partial charge in [-0.25, -0.2) is 9.59 Å². The van der Waals surface area contributed by atoms with Crippen LogP contribution in [0.15, 0.2) is 0 Å². The van der Waals surface area contributed by atoms with Crippen LogP contribution in [-0.2, 0) is 9.53 Å². The summed E-state index contributed by atoms with van der Waals surface area (Å²) in [5.41, 5.74) is -1.81. The highest BCUT2D eigenvalue weighted by atomic mass is 35.5. The van der Waals surface area contributed by atoms with Crippen molar-refractivity contribution in [2.45, 2.75) is 44.8 Å². The Bertz CT molecular complexity index is 306. The molecular weight excluding hydrogens is 234 g/mol. The van der Waals surface area contributed by atoms with E-state index in [0.29, 0.717) is 12.8 Å². The zero-order valence-corrected chi connectivity index (χ0v) is 10.4. The van der Waals surface area contributed by atoms with Crippen molar-refractivity contribution < 1.29 is 19.4 Å². The Morgan fingerprint density at radius 1 is 1.44 bits per heavy atom. The molecule has 1 fully saturated rings. The zero-order chi connectivity index (χ0) is 12.6. The summed E-state index contributed by atoms with van der Waals surface area (Å²) >= 11 is 5.62. The molecule has 0 radical (unpaired) electrons. The third-order valence-corrected chi connectivity index (χ3v) is 2.61. The van der Waals surface area contributed by atoms with Gasteiger partial charge in [-0.1, -0.05) is 0 Å². The summed E-state index contributed by atoms with van der Waals surface area (Å²) in [5, 5.41) is 9.04. The fraction of sp³-hybridized carbons (Fsp3) is 0.800. The lowest BCUT2D eigenvalue weighted by molar-refractivity contribution is -0.144. The molecule has 92 valence electrons. The van der Waals surface area contributed by atoms with Crippen LogP contribution in [0.2, 0.25) is 0 Å². The third kappa shape index (κ3) is 2.58. The number of alkyl halides is 1. The Balaban J connectivity index is 2.76. The molecule has 1 saturated carbocycles. The van der Waals surface area contributed by atoms with Crippen LogP contribution in [0.1, 0.15) is 33.6 Å². The van der Waals surface area contributed by atoms with Crippen LogP contribution in [-0.4, -0.2) is 39.2 Å². The SMILES string of the molecule is CC(C)(C)OC(=O)N(CCl)C1(C(=O)O)CC1. The lowest BCUT2D eigenvalue weighted by atomic mass is 10.2. The van der Waals surface area contributed by atoms with E-state index in [4.69, 9.17) is 21.4 Å². The number of hydrogen-bond acceptors (Lipinski definition) is 3. The molecule has 0 saturated heterocycles. The Kier molecular flexibility index (Phi) is 3.38. The van der Waals surface area contributed by atoms with Crippen molar-refractivity contribution in [1.82, 2.24) is 4.90 Å². The maximum absolute atomic E-state index is 11.7. The average molecular weight is 250 g/mol. The summed E-state index contributed by atoms with van der Waals surface area (Å²) in [5.74, 6) is -1.03. The number of carbonyl (C=O) groups excluding carboxylic acids is 1. The van der Waals surface area contributed by atoms with Crippen molar-refractivity contribution in [2.75, 3.05) is 6.00 Å². The number of ether oxygens (including phenoxy) is 1. The minimum absolute atomic E-state index is 0.179. The number of halogens is 1. The second kappa shape index (κ2) is 4.13. The van der Waals surface area contributed by atoms with Crippen molar-refractivity contribution >= 4 is 23.7 Å². The van der Waals surface area contributed by atoms with E-state index >= 15 is 0 Å². The molecule has 0 aromatic carbocycles. The molecule has 1 amide bonds. The van der Waals surface area contributed by atoms with Crippen LogP contribution < -0.4 is 0 Å². The average Bonchev–Trinajstić information content (AvgIpc) is 2.83. The molecule has 0 spiro atoms. The molecule has 0 bridgehead atoms. The van der Waals surface area contributed by atoms with Gasteiger partial charge in [0.25, 0.3) is 0 Å². The summed E-state index contributed by atoms with van der Waals surface area (Å²) in [6.07, 6.45) is 0.171. The standard InChI is InChI=1S/C10H16ClNO4/c1-9(2,3)16-8(15)12(6-11)10(4-5-10)7(13)14/h4-6H2,1-3H3,(H,13,14). The van der Waals surface area contributed by atoms with Gasteiger partial charge in [0.2, 0.25) is 0 Å². The van der Waals surface area contributed by atoms with Gasteiger partial charge in [-0.05, 0) is 33.6 Å².